The fraction of sp³-hybridized carbons (Fsp3) is 0.118. The lowest BCUT2D eigenvalue weighted by Gasteiger charge is -2.11. The minimum absolute atomic E-state index is 1.01. The van der Waals surface area contributed by atoms with Crippen LogP contribution in [0.5, 0.6) is 0 Å². The maximum atomic E-state index is 4.81. The molecule has 94 valence electrons. The van der Waals surface area contributed by atoms with E-state index in [2.05, 4.69) is 48.6 Å². The number of hydrogen-bond acceptors (Lipinski definition) is 2. The second-order valence-corrected chi connectivity index (χ2v) is 4.64. The summed E-state index contributed by atoms with van der Waals surface area (Å²) in [4.78, 5) is 4.81. The van der Waals surface area contributed by atoms with Gasteiger partial charge in [0, 0.05) is 23.7 Å². The van der Waals surface area contributed by atoms with Crippen molar-refractivity contribution < 1.29 is 0 Å². The number of rotatable bonds is 2. The van der Waals surface area contributed by atoms with E-state index in [0.717, 1.165) is 22.5 Å². The maximum absolute atomic E-state index is 4.81. The summed E-state index contributed by atoms with van der Waals surface area (Å²) in [5.74, 6) is 0. The van der Waals surface area contributed by atoms with E-state index in [1.807, 2.05) is 25.2 Å². The summed E-state index contributed by atoms with van der Waals surface area (Å²) in [7, 11) is 1.95. The standard InChI is InChI=1S/C17H16N2/c1-12-7-6-10-14-16(18-2)11-15(19-17(12)14)13-8-4-3-5-9-13/h3-11H,1-2H3,(H,18,19). The third kappa shape index (κ3) is 2.06. The van der Waals surface area contributed by atoms with E-state index in [-0.39, 0.29) is 0 Å². The van der Waals surface area contributed by atoms with E-state index < -0.39 is 0 Å². The number of hydrogen-bond donors (Lipinski definition) is 1. The zero-order valence-corrected chi connectivity index (χ0v) is 11.1. The normalized spacial score (nSPS) is 10.6. The van der Waals surface area contributed by atoms with Crippen LogP contribution in [0.25, 0.3) is 22.2 Å². The Hall–Kier alpha value is -2.35. The number of benzene rings is 2. The molecule has 0 aliphatic heterocycles. The molecule has 1 N–H and O–H groups in total. The Bertz CT molecular complexity index is 718. The number of fused-ring (bicyclic) bond motifs is 1. The highest BCUT2D eigenvalue weighted by Gasteiger charge is 2.07. The second-order valence-electron chi connectivity index (χ2n) is 4.64. The van der Waals surface area contributed by atoms with Crippen molar-refractivity contribution in [3.8, 4) is 11.3 Å². The lowest BCUT2D eigenvalue weighted by molar-refractivity contribution is 1.35. The molecule has 0 saturated heterocycles. The number of para-hydroxylation sites is 1. The molecule has 0 spiro atoms. The molecule has 19 heavy (non-hydrogen) atoms. The fourth-order valence-electron chi connectivity index (χ4n) is 2.36. The molecule has 3 rings (SSSR count). The quantitative estimate of drug-likeness (QED) is 0.733. The Morgan fingerprint density at radius 1 is 0.947 bits per heavy atom. The van der Waals surface area contributed by atoms with Crippen molar-refractivity contribution in [2.24, 2.45) is 0 Å². The third-order valence-corrected chi connectivity index (χ3v) is 3.38. The van der Waals surface area contributed by atoms with Crippen LogP contribution < -0.4 is 5.32 Å². The summed E-state index contributed by atoms with van der Waals surface area (Å²) in [5.41, 5.74) is 5.53. The van der Waals surface area contributed by atoms with Crippen molar-refractivity contribution in [1.29, 1.82) is 0 Å². The van der Waals surface area contributed by atoms with Crippen molar-refractivity contribution >= 4 is 16.6 Å². The van der Waals surface area contributed by atoms with Crippen LogP contribution in [-0.4, -0.2) is 12.0 Å². The van der Waals surface area contributed by atoms with Crippen molar-refractivity contribution in [2.45, 2.75) is 6.92 Å². The molecule has 0 unspecified atom stereocenters. The number of pyridine rings is 1. The van der Waals surface area contributed by atoms with Crippen LogP contribution in [0.1, 0.15) is 5.56 Å². The van der Waals surface area contributed by atoms with Crippen LogP contribution in [0.3, 0.4) is 0 Å². The fourth-order valence-corrected chi connectivity index (χ4v) is 2.36. The van der Waals surface area contributed by atoms with E-state index >= 15 is 0 Å². The molecule has 2 heteroatoms. The second kappa shape index (κ2) is 4.73. The van der Waals surface area contributed by atoms with Gasteiger partial charge in [-0.25, -0.2) is 4.98 Å². The molecule has 1 aromatic heterocycles. The molecule has 0 fully saturated rings. The van der Waals surface area contributed by atoms with Gasteiger partial charge < -0.3 is 5.32 Å². The molecular weight excluding hydrogens is 232 g/mol. The molecule has 2 aromatic carbocycles. The first kappa shape index (κ1) is 11.7. The monoisotopic (exact) mass is 248 g/mol. The topological polar surface area (TPSA) is 24.9 Å². The average molecular weight is 248 g/mol. The summed E-state index contributed by atoms with van der Waals surface area (Å²) in [5, 5.41) is 4.44. The molecular formula is C17H16N2. The van der Waals surface area contributed by atoms with Crippen LogP contribution in [-0.2, 0) is 0 Å². The molecule has 0 aliphatic carbocycles. The predicted molar refractivity (Wildman–Crippen MR) is 81.5 cm³/mol. The molecule has 0 aliphatic rings. The highest BCUT2D eigenvalue weighted by Crippen LogP contribution is 2.29. The van der Waals surface area contributed by atoms with Gasteiger partial charge >= 0.3 is 0 Å². The Labute approximate surface area is 113 Å². The first-order valence-electron chi connectivity index (χ1n) is 6.43. The van der Waals surface area contributed by atoms with Crippen LogP contribution >= 0.6 is 0 Å². The van der Waals surface area contributed by atoms with Gasteiger partial charge in [-0.3, -0.25) is 0 Å². The summed E-state index contributed by atoms with van der Waals surface area (Å²) in [6.45, 7) is 2.10. The Morgan fingerprint density at radius 3 is 2.47 bits per heavy atom. The number of nitrogens with one attached hydrogen (secondary N) is 1. The highest BCUT2D eigenvalue weighted by molar-refractivity contribution is 5.95. The summed E-state index contributed by atoms with van der Waals surface area (Å²) >= 11 is 0. The van der Waals surface area contributed by atoms with Gasteiger partial charge in [0.15, 0.2) is 0 Å². The first-order chi connectivity index (χ1) is 9.29. The minimum atomic E-state index is 1.01. The lowest BCUT2D eigenvalue weighted by Crippen LogP contribution is -1.95. The van der Waals surface area contributed by atoms with Crippen LogP contribution in [0.4, 0.5) is 5.69 Å². The lowest BCUT2D eigenvalue weighted by atomic mass is 10.1. The van der Waals surface area contributed by atoms with Gasteiger partial charge in [0.2, 0.25) is 0 Å². The first-order valence-corrected chi connectivity index (χ1v) is 6.43. The number of aryl methyl sites for hydroxylation is 1. The van der Waals surface area contributed by atoms with Gasteiger partial charge in [-0.15, -0.1) is 0 Å². The maximum Gasteiger partial charge on any atom is 0.0759 e. The van der Waals surface area contributed by atoms with E-state index in [9.17, 15) is 0 Å². The Morgan fingerprint density at radius 2 is 1.74 bits per heavy atom. The van der Waals surface area contributed by atoms with Crippen LogP contribution in [0.15, 0.2) is 54.6 Å². The highest BCUT2D eigenvalue weighted by atomic mass is 14.8. The minimum Gasteiger partial charge on any atom is -0.388 e. The predicted octanol–water partition coefficient (Wildman–Crippen LogP) is 4.25. The van der Waals surface area contributed by atoms with Gasteiger partial charge in [0.05, 0.1) is 11.2 Å². The van der Waals surface area contributed by atoms with Gasteiger partial charge in [-0.2, -0.15) is 0 Å². The molecule has 1 heterocycles. The van der Waals surface area contributed by atoms with Crippen molar-refractivity contribution in [2.75, 3.05) is 12.4 Å². The molecule has 0 atom stereocenters. The number of nitrogens with zero attached hydrogens (tertiary/aromatic N) is 1. The van der Waals surface area contributed by atoms with Gasteiger partial charge in [0.25, 0.3) is 0 Å². The van der Waals surface area contributed by atoms with E-state index in [1.165, 1.54) is 10.9 Å². The van der Waals surface area contributed by atoms with Crippen molar-refractivity contribution in [1.82, 2.24) is 4.98 Å². The molecule has 0 saturated carbocycles. The molecule has 2 nitrogen and oxygen atoms in total. The molecule has 0 bridgehead atoms. The zero-order chi connectivity index (χ0) is 13.2. The summed E-state index contributed by atoms with van der Waals surface area (Å²) in [6.07, 6.45) is 0. The number of anilines is 1. The van der Waals surface area contributed by atoms with Crippen LogP contribution in [0.2, 0.25) is 0 Å². The third-order valence-electron chi connectivity index (χ3n) is 3.38. The Balaban J connectivity index is 2.31. The largest absolute Gasteiger partial charge is 0.388 e. The van der Waals surface area contributed by atoms with Gasteiger partial charge in [0.1, 0.15) is 0 Å². The van der Waals surface area contributed by atoms with E-state index in [1.54, 1.807) is 0 Å². The van der Waals surface area contributed by atoms with Crippen molar-refractivity contribution in [3.63, 3.8) is 0 Å². The zero-order valence-electron chi connectivity index (χ0n) is 11.1. The van der Waals surface area contributed by atoms with Gasteiger partial charge in [-0.1, -0.05) is 48.5 Å². The average Bonchev–Trinajstić information content (AvgIpc) is 2.48. The van der Waals surface area contributed by atoms with E-state index in [4.69, 9.17) is 4.98 Å². The number of aromatic nitrogens is 1. The molecule has 0 amide bonds. The van der Waals surface area contributed by atoms with Crippen molar-refractivity contribution in [3.05, 3.63) is 60.2 Å². The van der Waals surface area contributed by atoms with E-state index in [0.29, 0.717) is 0 Å². The van der Waals surface area contributed by atoms with Gasteiger partial charge in [-0.05, 0) is 18.6 Å². The molecule has 3 aromatic rings. The Kier molecular flexibility index (Phi) is 2.92. The smallest absolute Gasteiger partial charge is 0.0759 e. The SMILES string of the molecule is CNc1cc(-c2ccccc2)nc2c(C)cccc12. The molecule has 0 radical (unpaired) electrons. The summed E-state index contributed by atoms with van der Waals surface area (Å²) in [6, 6.07) is 18.7. The summed E-state index contributed by atoms with van der Waals surface area (Å²) < 4.78 is 0. The van der Waals surface area contributed by atoms with Crippen LogP contribution in [0, 0.1) is 6.92 Å².